The van der Waals surface area contributed by atoms with Gasteiger partial charge in [-0.3, -0.25) is 10.1 Å². The zero-order chi connectivity index (χ0) is 8.77. The quantitative estimate of drug-likeness (QED) is 0.595. The maximum Gasteiger partial charge on any atom is 0.325 e. The second kappa shape index (κ2) is 2.39. The number of hydrogen-bond donors (Lipinski definition) is 1. The van der Waals surface area contributed by atoms with E-state index in [1.807, 2.05) is 6.92 Å². The molecule has 2 saturated heterocycles. The van der Waals surface area contributed by atoms with Crippen molar-refractivity contribution >= 4 is 23.7 Å². The van der Waals surface area contributed by atoms with Gasteiger partial charge in [-0.2, -0.15) is 0 Å². The molecule has 4 nitrogen and oxygen atoms in total. The Hall–Kier alpha value is -0.710. The molecular formula is C7H10N2O2S. The summed E-state index contributed by atoms with van der Waals surface area (Å²) >= 11 is 1.68. The molecule has 12 heavy (non-hydrogen) atoms. The molecule has 2 rings (SSSR count). The Labute approximate surface area is 74.7 Å². The maximum atomic E-state index is 11.3. The number of hydrogen-bond acceptors (Lipinski definition) is 3. The molecule has 0 radical (unpaired) electrons. The van der Waals surface area contributed by atoms with Crippen LogP contribution < -0.4 is 5.32 Å². The molecule has 0 saturated carbocycles. The van der Waals surface area contributed by atoms with Gasteiger partial charge in [0.25, 0.3) is 0 Å². The Morgan fingerprint density at radius 3 is 3.08 bits per heavy atom. The summed E-state index contributed by atoms with van der Waals surface area (Å²) in [7, 11) is 0. The van der Waals surface area contributed by atoms with Gasteiger partial charge in [-0.25, -0.2) is 4.79 Å². The fraction of sp³-hybridized carbons (Fsp3) is 0.714. The van der Waals surface area contributed by atoms with E-state index >= 15 is 0 Å². The first-order valence-electron chi connectivity index (χ1n) is 3.87. The number of rotatable bonds is 0. The minimum atomic E-state index is -0.278. The lowest BCUT2D eigenvalue weighted by atomic mass is 10.1. The number of fused-ring (bicyclic) bond motifs is 1. The van der Waals surface area contributed by atoms with Crippen LogP contribution in [0.4, 0.5) is 4.79 Å². The van der Waals surface area contributed by atoms with Crippen LogP contribution >= 0.6 is 11.8 Å². The van der Waals surface area contributed by atoms with Gasteiger partial charge in [-0.05, 0) is 6.92 Å². The van der Waals surface area contributed by atoms with Crippen LogP contribution in [0.25, 0.3) is 0 Å². The molecule has 0 unspecified atom stereocenters. The average molecular weight is 186 g/mol. The van der Waals surface area contributed by atoms with E-state index in [0.717, 1.165) is 12.3 Å². The molecule has 5 heteroatoms. The van der Waals surface area contributed by atoms with Crippen molar-refractivity contribution in [3.63, 3.8) is 0 Å². The van der Waals surface area contributed by atoms with Gasteiger partial charge in [-0.15, -0.1) is 11.8 Å². The second-order valence-corrected chi connectivity index (χ2v) is 4.78. The summed E-state index contributed by atoms with van der Waals surface area (Å²) in [5, 5.41) is 2.31. The van der Waals surface area contributed by atoms with Gasteiger partial charge in [0, 0.05) is 12.3 Å². The molecule has 0 aromatic carbocycles. The Morgan fingerprint density at radius 2 is 2.33 bits per heavy atom. The summed E-state index contributed by atoms with van der Waals surface area (Å²) in [6.45, 7) is 2.70. The first-order valence-corrected chi connectivity index (χ1v) is 4.86. The highest BCUT2D eigenvalue weighted by Crippen LogP contribution is 2.39. The van der Waals surface area contributed by atoms with Crippen molar-refractivity contribution in [2.45, 2.75) is 18.2 Å². The summed E-state index contributed by atoms with van der Waals surface area (Å²) in [5.41, 5.74) is 0. The van der Waals surface area contributed by atoms with Crippen molar-refractivity contribution < 1.29 is 9.59 Å². The van der Waals surface area contributed by atoms with Crippen LogP contribution in [0.2, 0.25) is 0 Å². The monoisotopic (exact) mass is 186 g/mol. The van der Waals surface area contributed by atoms with Crippen LogP contribution in [0.5, 0.6) is 0 Å². The molecule has 2 aliphatic rings. The summed E-state index contributed by atoms with van der Waals surface area (Å²) in [4.78, 5) is 23.8. The van der Waals surface area contributed by atoms with E-state index in [0.29, 0.717) is 6.42 Å². The van der Waals surface area contributed by atoms with Crippen LogP contribution in [0.3, 0.4) is 0 Å². The van der Waals surface area contributed by atoms with E-state index in [2.05, 4.69) is 5.32 Å². The summed E-state index contributed by atoms with van der Waals surface area (Å²) in [5.74, 6) is 0.769. The highest BCUT2D eigenvalue weighted by atomic mass is 32.2. The van der Waals surface area contributed by atoms with Crippen molar-refractivity contribution in [2.24, 2.45) is 0 Å². The van der Waals surface area contributed by atoms with E-state index in [9.17, 15) is 9.59 Å². The smallest absolute Gasteiger partial charge is 0.309 e. The largest absolute Gasteiger partial charge is 0.325 e. The van der Waals surface area contributed by atoms with Crippen LogP contribution in [0.1, 0.15) is 13.3 Å². The van der Waals surface area contributed by atoms with Crippen molar-refractivity contribution in [1.82, 2.24) is 10.2 Å². The van der Waals surface area contributed by atoms with E-state index in [-0.39, 0.29) is 16.8 Å². The second-order valence-electron chi connectivity index (χ2n) is 3.21. The molecule has 2 heterocycles. The molecule has 2 fully saturated rings. The van der Waals surface area contributed by atoms with E-state index < -0.39 is 0 Å². The zero-order valence-corrected chi connectivity index (χ0v) is 7.61. The highest BCUT2D eigenvalue weighted by Gasteiger charge is 2.45. The molecule has 1 N–H and O–H groups in total. The van der Waals surface area contributed by atoms with E-state index in [1.54, 1.807) is 16.7 Å². The lowest BCUT2D eigenvalue weighted by Gasteiger charge is -2.37. The Balaban J connectivity index is 2.28. The van der Waals surface area contributed by atoms with Crippen LogP contribution in [0, 0.1) is 0 Å². The van der Waals surface area contributed by atoms with Gasteiger partial charge in [0.1, 0.15) is 0 Å². The number of nitrogens with zero attached hydrogens (tertiary/aromatic N) is 1. The molecule has 66 valence electrons. The molecule has 0 aromatic rings. The summed E-state index contributed by atoms with van der Waals surface area (Å²) < 4.78 is 0. The first-order chi connectivity index (χ1) is 5.62. The normalized spacial score (nSPS) is 34.9. The topological polar surface area (TPSA) is 49.4 Å². The predicted octanol–water partition coefficient (Wildman–Crippen LogP) is 0.391. The number of amides is 3. The number of imide groups is 1. The fourth-order valence-corrected chi connectivity index (χ4v) is 2.94. The molecule has 2 aliphatic heterocycles. The fourth-order valence-electron chi connectivity index (χ4n) is 1.66. The first kappa shape index (κ1) is 7.91. The molecule has 0 aromatic heterocycles. The number of thioether (sulfide) groups is 1. The Morgan fingerprint density at radius 1 is 1.58 bits per heavy atom. The van der Waals surface area contributed by atoms with E-state index in [4.69, 9.17) is 0 Å². The van der Waals surface area contributed by atoms with Crippen LogP contribution in [-0.4, -0.2) is 34.0 Å². The number of carbonyl (C=O) groups excluding carboxylic acids is 2. The minimum Gasteiger partial charge on any atom is -0.309 e. The van der Waals surface area contributed by atoms with Crippen molar-refractivity contribution in [3.8, 4) is 0 Å². The predicted molar refractivity (Wildman–Crippen MR) is 45.7 cm³/mol. The lowest BCUT2D eigenvalue weighted by Crippen LogP contribution is -2.57. The Bertz CT molecular complexity index is 256. The van der Waals surface area contributed by atoms with E-state index in [1.165, 1.54) is 0 Å². The van der Waals surface area contributed by atoms with Gasteiger partial charge in [-0.1, -0.05) is 0 Å². The number of urea groups is 1. The van der Waals surface area contributed by atoms with Gasteiger partial charge >= 0.3 is 6.03 Å². The Kier molecular flexibility index (Phi) is 1.57. The molecule has 0 bridgehead atoms. The molecule has 0 aliphatic carbocycles. The SMILES string of the molecule is C[C@@]12CC(=O)NC(=O)N1CCS2. The third-order valence-electron chi connectivity index (χ3n) is 2.28. The average Bonchev–Trinajstić information content (AvgIpc) is 2.29. The summed E-state index contributed by atoms with van der Waals surface area (Å²) in [6, 6.07) is -0.237. The molecular weight excluding hydrogens is 176 g/mol. The number of carbonyl (C=O) groups is 2. The third kappa shape index (κ3) is 0.998. The van der Waals surface area contributed by atoms with Crippen molar-refractivity contribution in [2.75, 3.05) is 12.3 Å². The lowest BCUT2D eigenvalue weighted by molar-refractivity contribution is -0.122. The number of nitrogens with one attached hydrogen (secondary N) is 1. The third-order valence-corrected chi connectivity index (χ3v) is 3.65. The van der Waals surface area contributed by atoms with Gasteiger partial charge < -0.3 is 4.90 Å². The minimum absolute atomic E-state index is 0.159. The molecule has 1 atom stereocenters. The molecule has 0 spiro atoms. The zero-order valence-electron chi connectivity index (χ0n) is 6.79. The van der Waals surface area contributed by atoms with Gasteiger partial charge in [0.15, 0.2) is 0 Å². The van der Waals surface area contributed by atoms with Gasteiger partial charge in [0.05, 0.1) is 11.3 Å². The van der Waals surface area contributed by atoms with Crippen molar-refractivity contribution in [1.29, 1.82) is 0 Å². The van der Waals surface area contributed by atoms with Crippen LogP contribution in [-0.2, 0) is 4.79 Å². The van der Waals surface area contributed by atoms with Gasteiger partial charge in [0.2, 0.25) is 5.91 Å². The highest BCUT2D eigenvalue weighted by molar-refractivity contribution is 8.00. The maximum absolute atomic E-state index is 11.3. The molecule has 3 amide bonds. The standard InChI is InChI=1S/C7H10N2O2S/c1-7-4-5(10)8-6(11)9(7)2-3-12-7/h2-4H2,1H3,(H,8,10,11)/t7-/m1/s1. The van der Waals surface area contributed by atoms with Crippen molar-refractivity contribution in [3.05, 3.63) is 0 Å². The van der Waals surface area contributed by atoms with Crippen LogP contribution in [0.15, 0.2) is 0 Å². The summed E-state index contributed by atoms with van der Waals surface area (Å²) in [6.07, 6.45) is 0.420.